The van der Waals surface area contributed by atoms with Crippen molar-refractivity contribution in [3.8, 4) is 0 Å². The van der Waals surface area contributed by atoms with Gasteiger partial charge in [0.05, 0.1) is 12.3 Å². The molecule has 0 amide bonds. The van der Waals surface area contributed by atoms with Crippen LogP contribution in [0.2, 0.25) is 0 Å². The molecule has 1 heterocycles. The molecule has 0 aromatic heterocycles. The summed E-state index contributed by atoms with van der Waals surface area (Å²) < 4.78 is 6.26. The first kappa shape index (κ1) is 20.2. The van der Waals surface area contributed by atoms with Crippen LogP contribution in [0, 0.1) is 5.92 Å². The fourth-order valence-corrected chi connectivity index (χ4v) is 4.30. The Balaban J connectivity index is 1.79. The van der Waals surface area contributed by atoms with Gasteiger partial charge in [0.2, 0.25) is 0 Å². The van der Waals surface area contributed by atoms with Crippen molar-refractivity contribution in [3.63, 3.8) is 0 Å². The molecule has 24 heavy (non-hydrogen) atoms. The van der Waals surface area contributed by atoms with Crippen LogP contribution in [0.15, 0.2) is 0 Å². The molecule has 3 atom stereocenters. The van der Waals surface area contributed by atoms with Gasteiger partial charge in [-0.05, 0) is 63.8 Å². The highest BCUT2D eigenvalue weighted by Crippen LogP contribution is 2.27. The first-order valence-corrected chi connectivity index (χ1v) is 10.6. The maximum absolute atomic E-state index is 6.26. The summed E-state index contributed by atoms with van der Waals surface area (Å²) in [6.45, 7) is 6.53. The average molecular weight is 340 g/mol. The normalized spacial score (nSPS) is 32.6. The van der Waals surface area contributed by atoms with Crippen molar-refractivity contribution in [1.82, 2.24) is 10.6 Å². The van der Waals surface area contributed by atoms with Gasteiger partial charge >= 0.3 is 0 Å². The van der Waals surface area contributed by atoms with E-state index in [0.717, 1.165) is 19.6 Å². The number of unbranched alkanes of at least 4 members (excludes halogenated alkanes) is 2. The van der Waals surface area contributed by atoms with E-state index in [0.29, 0.717) is 30.3 Å². The van der Waals surface area contributed by atoms with Crippen LogP contribution in [-0.2, 0) is 4.74 Å². The Morgan fingerprint density at radius 1 is 1.08 bits per heavy atom. The van der Waals surface area contributed by atoms with Gasteiger partial charge in [-0.25, -0.2) is 0 Å². The number of ether oxygens (including phenoxy) is 1. The minimum Gasteiger partial charge on any atom is -0.378 e. The van der Waals surface area contributed by atoms with E-state index in [-0.39, 0.29) is 0 Å². The van der Waals surface area contributed by atoms with Crippen LogP contribution in [-0.4, -0.2) is 37.5 Å². The molecular weight excluding hydrogens is 298 g/mol. The lowest BCUT2D eigenvalue weighted by Gasteiger charge is -2.38. The lowest BCUT2D eigenvalue weighted by Crippen LogP contribution is -2.54. The largest absolute Gasteiger partial charge is 0.378 e. The highest BCUT2D eigenvalue weighted by Gasteiger charge is 2.30. The van der Waals surface area contributed by atoms with E-state index >= 15 is 0 Å². The van der Waals surface area contributed by atoms with Gasteiger partial charge in [-0.15, -0.1) is 0 Å². The Kier molecular flexibility index (Phi) is 9.62. The summed E-state index contributed by atoms with van der Waals surface area (Å²) in [7, 11) is 0. The highest BCUT2D eigenvalue weighted by molar-refractivity contribution is 4.86. The number of rotatable bonds is 10. The van der Waals surface area contributed by atoms with E-state index in [2.05, 4.69) is 24.5 Å². The number of piperidine rings is 1. The Bertz CT molecular complexity index is 318. The van der Waals surface area contributed by atoms with Gasteiger partial charge in [-0.2, -0.15) is 0 Å². The predicted molar refractivity (Wildman–Crippen MR) is 102 cm³/mol. The first-order valence-electron chi connectivity index (χ1n) is 10.6. The molecule has 4 nitrogen and oxygen atoms in total. The molecule has 0 bridgehead atoms. The van der Waals surface area contributed by atoms with E-state index in [1.807, 2.05) is 0 Å². The maximum atomic E-state index is 6.26. The van der Waals surface area contributed by atoms with Gasteiger partial charge < -0.3 is 15.8 Å². The van der Waals surface area contributed by atoms with Gasteiger partial charge in [0.15, 0.2) is 0 Å². The van der Waals surface area contributed by atoms with E-state index in [4.69, 9.17) is 10.5 Å². The third kappa shape index (κ3) is 6.99. The van der Waals surface area contributed by atoms with Crippen molar-refractivity contribution in [2.45, 2.75) is 109 Å². The Morgan fingerprint density at radius 3 is 2.58 bits per heavy atom. The van der Waals surface area contributed by atoms with E-state index in [1.54, 1.807) is 0 Å². The molecule has 2 fully saturated rings. The molecule has 3 unspecified atom stereocenters. The fourth-order valence-electron chi connectivity index (χ4n) is 4.30. The first-order chi connectivity index (χ1) is 11.7. The molecule has 2 aliphatic rings. The molecule has 1 saturated heterocycles. The summed E-state index contributed by atoms with van der Waals surface area (Å²) >= 11 is 0. The van der Waals surface area contributed by atoms with Crippen LogP contribution in [0.4, 0.5) is 0 Å². The smallest absolute Gasteiger partial charge is 0.0604 e. The summed E-state index contributed by atoms with van der Waals surface area (Å²) in [5.41, 5.74) is 6.04. The molecule has 1 saturated carbocycles. The summed E-state index contributed by atoms with van der Waals surface area (Å²) in [6.07, 6.45) is 14.5. The standard InChI is InChI=1S/C20H41N3O/c1-3-5-6-7-19(24-14-4-2)16-12-13-22-20(15-16)23-18-10-8-17(21)9-11-18/h16-20,22-23H,3-15,21H2,1-2H3. The Morgan fingerprint density at radius 2 is 1.88 bits per heavy atom. The second kappa shape index (κ2) is 11.5. The topological polar surface area (TPSA) is 59.3 Å². The van der Waals surface area contributed by atoms with Gasteiger partial charge in [-0.3, -0.25) is 5.32 Å². The molecule has 0 spiro atoms. The lowest BCUT2D eigenvalue weighted by atomic mass is 9.86. The van der Waals surface area contributed by atoms with Crippen molar-refractivity contribution in [1.29, 1.82) is 0 Å². The van der Waals surface area contributed by atoms with Crippen LogP contribution in [0.5, 0.6) is 0 Å². The fraction of sp³-hybridized carbons (Fsp3) is 1.00. The molecule has 1 aliphatic carbocycles. The Hall–Kier alpha value is -0.160. The zero-order valence-corrected chi connectivity index (χ0v) is 16.1. The van der Waals surface area contributed by atoms with Crippen LogP contribution < -0.4 is 16.4 Å². The lowest BCUT2D eigenvalue weighted by molar-refractivity contribution is -0.0115. The van der Waals surface area contributed by atoms with Gasteiger partial charge in [0.25, 0.3) is 0 Å². The monoisotopic (exact) mass is 339 g/mol. The zero-order valence-electron chi connectivity index (χ0n) is 16.1. The summed E-state index contributed by atoms with van der Waals surface area (Å²) in [5.74, 6) is 0.706. The minimum atomic E-state index is 0.431. The number of nitrogens with two attached hydrogens (primary N) is 1. The van der Waals surface area contributed by atoms with E-state index in [1.165, 1.54) is 64.2 Å². The molecular formula is C20H41N3O. The molecule has 4 N–H and O–H groups in total. The molecule has 0 radical (unpaired) electrons. The van der Waals surface area contributed by atoms with Crippen molar-refractivity contribution < 1.29 is 4.74 Å². The molecule has 2 rings (SSSR count). The predicted octanol–water partition coefficient (Wildman–Crippen LogP) is 3.55. The number of hydrogen-bond donors (Lipinski definition) is 3. The summed E-state index contributed by atoms with van der Waals surface area (Å²) in [4.78, 5) is 0. The number of hydrogen-bond acceptors (Lipinski definition) is 4. The van der Waals surface area contributed by atoms with Crippen LogP contribution in [0.1, 0.15) is 84.5 Å². The van der Waals surface area contributed by atoms with Crippen LogP contribution in [0.25, 0.3) is 0 Å². The highest BCUT2D eigenvalue weighted by atomic mass is 16.5. The van der Waals surface area contributed by atoms with Crippen LogP contribution in [0.3, 0.4) is 0 Å². The minimum absolute atomic E-state index is 0.431. The maximum Gasteiger partial charge on any atom is 0.0604 e. The summed E-state index contributed by atoms with van der Waals surface area (Å²) in [5, 5.41) is 7.55. The quantitative estimate of drug-likeness (QED) is 0.533. The van der Waals surface area contributed by atoms with Crippen LogP contribution >= 0.6 is 0 Å². The van der Waals surface area contributed by atoms with Crippen molar-refractivity contribution in [3.05, 3.63) is 0 Å². The molecule has 0 aromatic rings. The third-order valence-corrected chi connectivity index (χ3v) is 5.81. The van der Waals surface area contributed by atoms with Gasteiger partial charge in [0.1, 0.15) is 0 Å². The second-order valence-corrected chi connectivity index (χ2v) is 7.97. The molecule has 0 aromatic carbocycles. The van der Waals surface area contributed by atoms with E-state index in [9.17, 15) is 0 Å². The molecule has 4 heteroatoms. The van der Waals surface area contributed by atoms with Gasteiger partial charge in [0, 0.05) is 18.7 Å². The average Bonchev–Trinajstić information content (AvgIpc) is 2.60. The Labute approximate surface area is 149 Å². The zero-order chi connectivity index (χ0) is 17.2. The van der Waals surface area contributed by atoms with Crippen molar-refractivity contribution in [2.24, 2.45) is 11.7 Å². The molecule has 142 valence electrons. The third-order valence-electron chi connectivity index (χ3n) is 5.81. The van der Waals surface area contributed by atoms with Crippen molar-refractivity contribution in [2.75, 3.05) is 13.2 Å². The second-order valence-electron chi connectivity index (χ2n) is 7.97. The van der Waals surface area contributed by atoms with E-state index < -0.39 is 0 Å². The summed E-state index contributed by atoms with van der Waals surface area (Å²) in [6, 6.07) is 1.08. The van der Waals surface area contributed by atoms with Crippen molar-refractivity contribution >= 4 is 0 Å². The SMILES string of the molecule is CCCCCC(OCCC)C1CCNC(NC2CCC(N)CC2)C1. The number of nitrogens with one attached hydrogen (secondary N) is 2. The van der Waals surface area contributed by atoms with Gasteiger partial charge in [-0.1, -0.05) is 33.1 Å². The molecule has 1 aliphatic heterocycles.